The monoisotopic (exact) mass is 294 g/mol. The van der Waals surface area contributed by atoms with Crippen LogP contribution in [-0.4, -0.2) is 60.0 Å². The number of carbonyl (C=O) groups excluding carboxylic acids is 1. The van der Waals surface area contributed by atoms with Crippen molar-refractivity contribution in [3.05, 3.63) is 29.8 Å². The van der Waals surface area contributed by atoms with Crippen LogP contribution in [0.4, 0.5) is 4.39 Å². The average Bonchev–Trinajstić information content (AvgIpc) is 2.73. The Labute approximate surface area is 124 Å². The van der Waals surface area contributed by atoms with Crippen molar-refractivity contribution in [3.63, 3.8) is 0 Å². The molecule has 1 aliphatic rings. The van der Waals surface area contributed by atoms with E-state index in [1.54, 1.807) is 4.90 Å². The molecule has 2 rings (SSSR count). The van der Waals surface area contributed by atoms with Gasteiger partial charge in [-0.25, -0.2) is 4.39 Å². The Bertz CT molecular complexity index is 469. The van der Waals surface area contributed by atoms with E-state index in [-0.39, 0.29) is 11.5 Å². The van der Waals surface area contributed by atoms with Crippen molar-refractivity contribution in [1.29, 1.82) is 0 Å². The van der Waals surface area contributed by atoms with Gasteiger partial charge in [-0.1, -0.05) is 0 Å². The van der Waals surface area contributed by atoms with Gasteiger partial charge < -0.3 is 15.5 Å². The van der Waals surface area contributed by atoms with Crippen molar-refractivity contribution in [2.45, 2.75) is 19.3 Å². The number of aromatic nitrogens is 1. The summed E-state index contributed by atoms with van der Waals surface area (Å²) in [5.41, 5.74) is 5.62. The molecule has 0 saturated carbocycles. The van der Waals surface area contributed by atoms with E-state index < -0.39 is 5.82 Å². The number of nitrogens with zero attached hydrogens (tertiary/aromatic N) is 3. The zero-order valence-electron chi connectivity index (χ0n) is 12.3. The van der Waals surface area contributed by atoms with Gasteiger partial charge in [0.25, 0.3) is 5.91 Å². The van der Waals surface area contributed by atoms with Gasteiger partial charge in [0.1, 0.15) is 0 Å². The summed E-state index contributed by atoms with van der Waals surface area (Å²) in [6, 6.07) is 1.45. The van der Waals surface area contributed by atoms with E-state index >= 15 is 0 Å². The summed E-state index contributed by atoms with van der Waals surface area (Å²) in [6.07, 6.45) is 5.57. The first-order valence-corrected chi connectivity index (χ1v) is 7.53. The van der Waals surface area contributed by atoms with E-state index in [0.717, 1.165) is 51.6 Å². The number of unbranched alkanes of at least 4 members (excludes halogenated alkanes) is 1. The van der Waals surface area contributed by atoms with Crippen LogP contribution in [-0.2, 0) is 0 Å². The Balaban J connectivity index is 1.90. The van der Waals surface area contributed by atoms with Gasteiger partial charge in [-0.05, 0) is 45.0 Å². The first-order chi connectivity index (χ1) is 10.2. The molecule has 0 bridgehead atoms. The number of rotatable bonds is 5. The van der Waals surface area contributed by atoms with E-state index in [9.17, 15) is 9.18 Å². The fraction of sp³-hybridized carbons (Fsp3) is 0.600. The lowest BCUT2D eigenvalue weighted by atomic mass is 10.2. The molecule has 5 nitrogen and oxygen atoms in total. The summed E-state index contributed by atoms with van der Waals surface area (Å²) >= 11 is 0. The van der Waals surface area contributed by atoms with Crippen molar-refractivity contribution in [3.8, 4) is 0 Å². The molecule has 1 aromatic heterocycles. The summed E-state index contributed by atoms with van der Waals surface area (Å²) in [5.74, 6) is -0.787. The first kappa shape index (κ1) is 15.9. The predicted molar refractivity (Wildman–Crippen MR) is 79.4 cm³/mol. The minimum atomic E-state index is -0.549. The molecule has 1 saturated heterocycles. The molecule has 0 atom stereocenters. The maximum absolute atomic E-state index is 13.6. The van der Waals surface area contributed by atoms with Gasteiger partial charge in [-0.15, -0.1) is 0 Å². The maximum Gasteiger partial charge on any atom is 0.256 e. The molecule has 6 heteroatoms. The standard InChI is InChI=1S/C15H23FN4O/c16-14-12-18-6-4-13(14)15(21)20-9-3-8-19(10-11-20)7-2-1-5-17/h4,6,12H,1-3,5,7-11,17H2. The highest BCUT2D eigenvalue weighted by Crippen LogP contribution is 2.12. The minimum Gasteiger partial charge on any atom is -0.337 e. The van der Waals surface area contributed by atoms with Crippen LogP contribution < -0.4 is 5.73 Å². The van der Waals surface area contributed by atoms with E-state index in [4.69, 9.17) is 5.73 Å². The fourth-order valence-corrected chi connectivity index (χ4v) is 2.60. The van der Waals surface area contributed by atoms with Crippen LogP contribution in [0.2, 0.25) is 0 Å². The third-order valence-electron chi connectivity index (χ3n) is 3.81. The Morgan fingerprint density at radius 3 is 2.90 bits per heavy atom. The van der Waals surface area contributed by atoms with Crippen LogP contribution in [0.5, 0.6) is 0 Å². The number of amides is 1. The lowest BCUT2D eigenvalue weighted by Gasteiger charge is -2.22. The number of pyridine rings is 1. The second-order valence-electron chi connectivity index (χ2n) is 5.34. The van der Waals surface area contributed by atoms with Crippen LogP contribution in [0.15, 0.2) is 18.5 Å². The average molecular weight is 294 g/mol. The first-order valence-electron chi connectivity index (χ1n) is 7.53. The summed E-state index contributed by atoms with van der Waals surface area (Å²) in [7, 11) is 0. The van der Waals surface area contributed by atoms with E-state index in [1.807, 2.05) is 0 Å². The minimum absolute atomic E-state index is 0.113. The molecule has 0 aliphatic carbocycles. The maximum atomic E-state index is 13.6. The summed E-state index contributed by atoms with van der Waals surface area (Å²) in [4.78, 5) is 20.1. The van der Waals surface area contributed by atoms with Gasteiger partial charge in [-0.3, -0.25) is 9.78 Å². The molecule has 1 aromatic rings. The molecule has 116 valence electrons. The molecule has 1 fully saturated rings. The molecule has 2 heterocycles. The van der Waals surface area contributed by atoms with Crippen LogP contribution >= 0.6 is 0 Å². The molecule has 1 aliphatic heterocycles. The number of hydrogen-bond acceptors (Lipinski definition) is 4. The lowest BCUT2D eigenvalue weighted by molar-refractivity contribution is 0.0756. The zero-order chi connectivity index (χ0) is 15.1. The van der Waals surface area contributed by atoms with Crippen molar-refractivity contribution in [1.82, 2.24) is 14.8 Å². The van der Waals surface area contributed by atoms with E-state index in [1.165, 1.54) is 12.3 Å². The van der Waals surface area contributed by atoms with Gasteiger partial charge in [0.15, 0.2) is 5.82 Å². The molecule has 0 unspecified atom stereocenters. The Kier molecular flexibility index (Phi) is 6.07. The molecule has 0 radical (unpaired) electrons. The normalized spacial score (nSPS) is 16.8. The van der Waals surface area contributed by atoms with Crippen LogP contribution in [0.3, 0.4) is 0 Å². The van der Waals surface area contributed by atoms with Crippen LogP contribution in [0, 0.1) is 5.82 Å². The molecule has 0 spiro atoms. The molecule has 21 heavy (non-hydrogen) atoms. The lowest BCUT2D eigenvalue weighted by Crippen LogP contribution is -2.36. The van der Waals surface area contributed by atoms with Gasteiger partial charge >= 0.3 is 0 Å². The van der Waals surface area contributed by atoms with Crippen molar-refractivity contribution in [2.24, 2.45) is 5.73 Å². The van der Waals surface area contributed by atoms with Gasteiger partial charge in [0.2, 0.25) is 0 Å². The smallest absolute Gasteiger partial charge is 0.256 e. The quantitative estimate of drug-likeness (QED) is 0.826. The van der Waals surface area contributed by atoms with Crippen molar-refractivity contribution >= 4 is 5.91 Å². The topological polar surface area (TPSA) is 62.5 Å². The Morgan fingerprint density at radius 2 is 2.14 bits per heavy atom. The van der Waals surface area contributed by atoms with Crippen LogP contribution in [0.1, 0.15) is 29.6 Å². The summed E-state index contributed by atoms with van der Waals surface area (Å²) in [5, 5.41) is 0. The Morgan fingerprint density at radius 1 is 1.29 bits per heavy atom. The second-order valence-corrected chi connectivity index (χ2v) is 5.34. The van der Waals surface area contributed by atoms with Gasteiger partial charge in [-0.2, -0.15) is 0 Å². The third kappa shape index (κ3) is 4.47. The number of halogens is 1. The molecule has 2 N–H and O–H groups in total. The van der Waals surface area contributed by atoms with Crippen LogP contribution in [0.25, 0.3) is 0 Å². The number of carbonyl (C=O) groups is 1. The summed E-state index contributed by atoms with van der Waals surface area (Å²) in [6.45, 7) is 4.87. The Hall–Kier alpha value is -1.53. The SMILES string of the molecule is NCCCCN1CCCN(C(=O)c2ccncc2F)CC1. The zero-order valence-corrected chi connectivity index (χ0v) is 12.3. The number of hydrogen-bond donors (Lipinski definition) is 1. The number of nitrogens with two attached hydrogens (primary N) is 1. The predicted octanol–water partition coefficient (Wildman–Crippen LogP) is 1.11. The largest absolute Gasteiger partial charge is 0.337 e. The van der Waals surface area contributed by atoms with Gasteiger partial charge in [0, 0.05) is 25.8 Å². The molecular formula is C15H23FN4O. The molecule has 1 amide bonds. The third-order valence-corrected chi connectivity index (χ3v) is 3.81. The van der Waals surface area contributed by atoms with E-state index in [0.29, 0.717) is 13.1 Å². The van der Waals surface area contributed by atoms with E-state index in [2.05, 4.69) is 9.88 Å². The second kappa shape index (κ2) is 8.05. The van der Waals surface area contributed by atoms with Crippen molar-refractivity contribution in [2.75, 3.05) is 39.3 Å². The van der Waals surface area contributed by atoms with Gasteiger partial charge in [0.05, 0.1) is 11.8 Å². The summed E-state index contributed by atoms with van der Waals surface area (Å²) < 4.78 is 13.6. The fourth-order valence-electron chi connectivity index (χ4n) is 2.60. The highest BCUT2D eigenvalue weighted by Gasteiger charge is 2.22. The highest BCUT2D eigenvalue weighted by atomic mass is 19.1. The van der Waals surface area contributed by atoms with Crippen molar-refractivity contribution < 1.29 is 9.18 Å². The highest BCUT2D eigenvalue weighted by molar-refractivity contribution is 5.94. The molecule has 0 aromatic carbocycles. The molecular weight excluding hydrogens is 271 g/mol.